The lowest BCUT2D eigenvalue weighted by Crippen LogP contribution is -2.48. The molecule has 2 nitrogen and oxygen atoms in total. The van der Waals surface area contributed by atoms with Crippen LogP contribution in [0.4, 0.5) is 8.78 Å². The zero-order valence-corrected chi connectivity index (χ0v) is 11.1. The Morgan fingerprint density at radius 1 is 1.39 bits per heavy atom. The Morgan fingerprint density at radius 2 is 2.17 bits per heavy atom. The second kappa shape index (κ2) is 5.24. The highest BCUT2D eigenvalue weighted by Crippen LogP contribution is 2.41. The van der Waals surface area contributed by atoms with E-state index in [9.17, 15) is 13.6 Å². The number of ketones is 1. The summed E-state index contributed by atoms with van der Waals surface area (Å²) in [6, 6.07) is 0. The number of carbonyl (C=O) groups excluding carboxylic acids is 1. The van der Waals surface area contributed by atoms with E-state index in [-0.39, 0.29) is 24.5 Å². The third kappa shape index (κ3) is 2.90. The Balaban J connectivity index is 1.94. The van der Waals surface area contributed by atoms with Crippen LogP contribution in [-0.2, 0) is 4.79 Å². The fourth-order valence-electron chi connectivity index (χ4n) is 3.50. The van der Waals surface area contributed by atoms with E-state index in [0.717, 1.165) is 32.2 Å². The summed E-state index contributed by atoms with van der Waals surface area (Å²) < 4.78 is 26.3. The van der Waals surface area contributed by atoms with Crippen LogP contribution in [0.2, 0.25) is 0 Å². The first-order valence-electron chi connectivity index (χ1n) is 7.14. The van der Waals surface area contributed by atoms with Gasteiger partial charge in [0, 0.05) is 19.3 Å². The lowest BCUT2D eigenvalue weighted by atomic mass is 9.82. The molecule has 0 aromatic rings. The minimum atomic E-state index is -2.54. The largest absolute Gasteiger partial charge is 0.305 e. The average Bonchev–Trinajstić information content (AvgIpc) is 2.87. The van der Waals surface area contributed by atoms with Crippen LogP contribution in [0.25, 0.3) is 0 Å². The van der Waals surface area contributed by atoms with Gasteiger partial charge in [-0.1, -0.05) is 13.3 Å². The predicted molar refractivity (Wildman–Crippen MR) is 66.8 cm³/mol. The molecule has 1 N–H and O–H groups in total. The molecule has 18 heavy (non-hydrogen) atoms. The molecule has 4 heteroatoms. The molecule has 1 aliphatic carbocycles. The van der Waals surface area contributed by atoms with Crippen LogP contribution < -0.4 is 5.32 Å². The molecule has 0 aromatic heterocycles. The topological polar surface area (TPSA) is 29.1 Å². The molecule has 0 aromatic carbocycles. The number of nitrogens with one attached hydrogen (secondary N) is 1. The Labute approximate surface area is 108 Å². The van der Waals surface area contributed by atoms with Crippen molar-refractivity contribution in [3.05, 3.63) is 0 Å². The van der Waals surface area contributed by atoms with Gasteiger partial charge < -0.3 is 5.32 Å². The van der Waals surface area contributed by atoms with Gasteiger partial charge in [0.2, 0.25) is 5.92 Å². The summed E-state index contributed by atoms with van der Waals surface area (Å²) in [4.78, 5) is 12.4. The number of hydrogen-bond donors (Lipinski definition) is 1. The van der Waals surface area contributed by atoms with E-state index in [0.29, 0.717) is 12.8 Å². The zero-order valence-electron chi connectivity index (χ0n) is 11.1. The number of hydrogen-bond acceptors (Lipinski definition) is 2. The van der Waals surface area contributed by atoms with Crippen molar-refractivity contribution in [3.63, 3.8) is 0 Å². The van der Waals surface area contributed by atoms with Crippen molar-refractivity contribution in [3.8, 4) is 0 Å². The first-order chi connectivity index (χ1) is 8.47. The van der Waals surface area contributed by atoms with Gasteiger partial charge in [0.05, 0.1) is 5.54 Å². The normalized spacial score (nSPS) is 34.9. The van der Waals surface area contributed by atoms with E-state index in [4.69, 9.17) is 0 Å². The van der Waals surface area contributed by atoms with E-state index >= 15 is 0 Å². The Bertz CT molecular complexity index is 311. The second-order valence-corrected chi connectivity index (χ2v) is 5.95. The van der Waals surface area contributed by atoms with E-state index in [1.54, 1.807) is 0 Å². The van der Waals surface area contributed by atoms with Crippen molar-refractivity contribution >= 4 is 5.78 Å². The fraction of sp³-hybridized carbons (Fsp3) is 0.929. The third-order valence-electron chi connectivity index (χ3n) is 4.43. The number of halogens is 2. The van der Waals surface area contributed by atoms with Gasteiger partial charge in [0.1, 0.15) is 0 Å². The van der Waals surface area contributed by atoms with E-state index in [1.807, 2.05) is 0 Å². The smallest absolute Gasteiger partial charge is 0.248 e. The Kier molecular flexibility index (Phi) is 4.05. The molecule has 2 atom stereocenters. The molecule has 2 unspecified atom stereocenters. The maximum atomic E-state index is 13.1. The highest BCUT2D eigenvalue weighted by atomic mass is 19.3. The first-order valence-corrected chi connectivity index (χ1v) is 7.14. The monoisotopic (exact) mass is 259 g/mol. The van der Waals surface area contributed by atoms with Crippen LogP contribution in [0, 0.1) is 5.92 Å². The van der Waals surface area contributed by atoms with Gasteiger partial charge in [-0.05, 0) is 38.1 Å². The van der Waals surface area contributed by atoms with Crippen molar-refractivity contribution in [1.29, 1.82) is 0 Å². The van der Waals surface area contributed by atoms with Crippen molar-refractivity contribution in [2.45, 2.75) is 69.8 Å². The third-order valence-corrected chi connectivity index (χ3v) is 4.43. The molecule has 2 aliphatic rings. The van der Waals surface area contributed by atoms with Gasteiger partial charge in [-0.15, -0.1) is 0 Å². The highest BCUT2D eigenvalue weighted by Gasteiger charge is 2.44. The molecule has 0 radical (unpaired) electrons. The summed E-state index contributed by atoms with van der Waals surface area (Å²) in [6.45, 7) is 2.95. The van der Waals surface area contributed by atoms with Gasteiger partial charge in [0.25, 0.3) is 0 Å². The molecule has 0 amide bonds. The molecule has 1 saturated carbocycles. The Hall–Kier alpha value is -0.510. The molecule has 2 rings (SSSR count). The highest BCUT2D eigenvalue weighted by molar-refractivity contribution is 5.89. The summed E-state index contributed by atoms with van der Waals surface area (Å²) in [5, 5.41) is 3.33. The number of alkyl halides is 2. The minimum Gasteiger partial charge on any atom is -0.305 e. The minimum absolute atomic E-state index is 0.0425. The van der Waals surface area contributed by atoms with Crippen molar-refractivity contribution in [2.24, 2.45) is 5.92 Å². The summed E-state index contributed by atoms with van der Waals surface area (Å²) in [6.07, 6.45) is 4.40. The van der Waals surface area contributed by atoms with Crippen LogP contribution in [0.5, 0.6) is 0 Å². The summed E-state index contributed by atoms with van der Waals surface area (Å²) in [7, 11) is 0. The molecule has 104 valence electrons. The molecule has 0 spiro atoms. The Morgan fingerprint density at radius 3 is 2.67 bits per heavy atom. The molecular weight excluding hydrogens is 236 g/mol. The lowest BCUT2D eigenvalue weighted by molar-refractivity contribution is -0.126. The summed E-state index contributed by atoms with van der Waals surface area (Å²) in [5.41, 5.74) is -0.396. The second-order valence-electron chi connectivity index (χ2n) is 5.95. The maximum absolute atomic E-state index is 13.1. The summed E-state index contributed by atoms with van der Waals surface area (Å²) in [5.74, 6) is -2.47. The summed E-state index contributed by atoms with van der Waals surface area (Å²) >= 11 is 0. The maximum Gasteiger partial charge on any atom is 0.248 e. The lowest BCUT2D eigenvalue weighted by Gasteiger charge is -2.28. The standard InChI is InChI=1S/C14H23F2NO/c1-2-5-13(6-3-8-17-13)12(18)9-11-4-7-14(15,16)10-11/h11,17H,2-10H2,1H3. The molecular formula is C14H23F2NO. The van der Waals surface area contributed by atoms with Gasteiger partial charge in [0.15, 0.2) is 5.78 Å². The van der Waals surface area contributed by atoms with Crippen molar-refractivity contribution < 1.29 is 13.6 Å². The van der Waals surface area contributed by atoms with Gasteiger partial charge in [-0.25, -0.2) is 8.78 Å². The van der Waals surface area contributed by atoms with E-state index < -0.39 is 11.5 Å². The molecule has 1 aliphatic heterocycles. The van der Waals surface area contributed by atoms with Gasteiger partial charge in [-0.3, -0.25) is 4.79 Å². The van der Waals surface area contributed by atoms with Crippen molar-refractivity contribution in [2.75, 3.05) is 6.54 Å². The van der Waals surface area contributed by atoms with E-state index in [1.165, 1.54) is 0 Å². The molecule has 2 fully saturated rings. The number of carbonyl (C=O) groups is 1. The zero-order chi connectivity index (χ0) is 13.2. The number of Topliss-reactive ketones (excluding diaryl/α,β-unsaturated/α-hetero) is 1. The van der Waals surface area contributed by atoms with Crippen LogP contribution >= 0.6 is 0 Å². The van der Waals surface area contributed by atoms with Crippen LogP contribution in [-0.4, -0.2) is 23.8 Å². The predicted octanol–water partition coefficient (Wildman–Crippen LogP) is 3.30. The molecule has 1 heterocycles. The van der Waals surface area contributed by atoms with Crippen LogP contribution in [0.3, 0.4) is 0 Å². The van der Waals surface area contributed by atoms with Crippen LogP contribution in [0.15, 0.2) is 0 Å². The molecule has 1 saturated heterocycles. The van der Waals surface area contributed by atoms with Crippen molar-refractivity contribution in [1.82, 2.24) is 5.32 Å². The fourth-order valence-corrected chi connectivity index (χ4v) is 3.50. The van der Waals surface area contributed by atoms with Crippen LogP contribution in [0.1, 0.15) is 58.3 Å². The van der Waals surface area contributed by atoms with E-state index in [2.05, 4.69) is 12.2 Å². The first kappa shape index (κ1) is 13.9. The number of rotatable bonds is 5. The van der Waals surface area contributed by atoms with Gasteiger partial charge >= 0.3 is 0 Å². The SMILES string of the molecule is CCCC1(C(=O)CC2CCC(F)(F)C2)CCCN1. The quantitative estimate of drug-likeness (QED) is 0.820. The molecule has 0 bridgehead atoms. The average molecular weight is 259 g/mol. The van der Waals surface area contributed by atoms with Gasteiger partial charge in [-0.2, -0.15) is 0 Å².